The highest BCUT2D eigenvalue weighted by Gasteiger charge is 2.26. The number of carbonyl (C=O) groups is 2. The monoisotopic (exact) mass is 348 g/mol. The summed E-state index contributed by atoms with van der Waals surface area (Å²) in [4.78, 5) is 25.8. The molecule has 0 aliphatic carbocycles. The Morgan fingerprint density at radius 1 is 1.20 bits per heavy atom. The molecule has 138 valence electrons. The minimum absolute atomic E-state index is 0.223. The maximum absolute atomic E-state index is 11.9. The molecule has 1 aliphatic rings. The van der Waals surface area contributed by atoms with Crippen LogP contribution in [0.3, 0.4) is 0 Å². The zero-order chi connectivity index (χ0) is 18.4. The van der Waals surface area contributed by atoms with E-state index in [4.69, 9.17) is 4.74 Å². The number of hydrogen-bond donors (Lipinski definition) is 2. The van der Waals surface area contributed by atoms with Crippen LogP contribution in [0.1, 0.15) is 45.6 Å². The molecular formula is C19H28N2O4. The predicted molar refractivity (Wildman–Crippen MR) is 97.0 cm³/mol. The van der Waals surface area contributed by atoms with Gasteiger partial charge in [-0.2, -0.15) is 0 Å². The molecule has 1 fully saturated rings. The van der Waals surface area contributed by atoms with Crippen LogP contribution in [0.2, 0.25) is 0 Å². The summed E-state index contributed by atoms with van der Waals surface area (Å²) in [5.74, 6) is -1.07. The fourth-order valence-corrected chi connectivity index (χ4v) is 3.00. The van der Waals surface area contributed by atoms with Crippen molar-refractivity contribution in [3.63, 3.8) is 0 Å². The summed E-state index contributed by atoms with van der Waals surface area (Å²) in [5, 5.41) is 12.0. The van der Waals surface area contributed by atoms with Gasteiger partial charge >= 0.3 is 12.1 Å². The number of para-hydroxylation sites is 1. The second-order valence-electron chi connectivity index (χ2n) is 7.42. The number of nitrogens with zero attached hydrogens (tertiary/aromatic N) is 1. The van der Waals surface area contributed by atoms with E-state index in [0.29, 0.717) is 0 Å². The quantitative estimate of drug-likeness (QED) is 0.854. The summed E-state index contributed by atoms with van der Waals surface area (Å²) in [7, 11) is 0. The van der Waals surface area contributed by atoms with Gasteiger partial charge in [0.15, 0.2) is 0 Å². The molecule has 2 N–H and O–H groups in total. The molecule has 6 nitrogen and oxygen atoms in total. The minimum atomic E-state index is -1.07. The lowest BCUT2D eigenvalue weighted by molar-refractivity contribution is -0.139. The third-order valence-electron chi connectivity index (χ3n) is 4.10. The molecule has 0 spiro atoms. The standard InChI is InChI=1S/C19H28N2O4/c1-19(2,3)25-18(24)20-15(17(22)23)13-14-9-5-6-10-16(14)21-11-7-4-8-12-21/h5-6,9-10,15H,4,7-8,11-13H2,1-3H3,(H,20,24)(H,22,23). The van der Waals surface area contributed by atoms with Gasteiger partial charge in [0.1, 0.15) is 11.6 Å². The number of carboxylic acid groups (broad SMARTS) is 1. The molecule has 1 aromatic carbocycles. The van der Waals surface area contributed by atoms with Crippen molar-refractivity contribution in [3.05, 3.63) is 29.8 Å². The lowest BCUT2D eigenvalue weighted by atomic mass is 10.0. The maximum Gasteiger partial charge on any atom is 0.408 e. The second kappa shape index (κ2) is 8.23. The van der Waals surface area contributed by atoms with Crippen molar-refractivity contribution in [2.24, 2.45) is 0 Å². The van der Waals surface area contributed by atoms with E-state index in [-0.39, 0.29) is 6.42 Å². The van der Waals surface area contributed by atoms with Crippen molar-refractivity contribution in [3.8, 4) is 0 Å². The topological polar surface area (TPSA) is 78.9 Å². The van der Waals surface area contributed by atoms with Crippen LogP contribution >= 0.6 is 0 Å². The van der Waals surface area contributed by atoms with Crippen molar-refractivity contribution < 1.29 is 19.4 Å². The van der Waals surface area contributed by atoms with Gasteiger partial charge in [0.05, 0.1) is 0 Å². The number of carbonyl (C=O) groups excluding carboxylic acids is 1. The number of ether oxygens (including phenoxy) is 1. The molecule has 2 rings (SSSR count). The number of aliphatic carboxylic acids is 1. The first-order chi connectivity index (χ1) is 11.8. The SMILES string of the molecule is CC(C)(C)OC(=O)NC(Cc1ccccc1N1CCCCC1)C(=O)O. The van der Waals surface area contributed by atoms with Gasteiger partial charge in [-0.25, -0.2) is 9.59 Å². The fraction of sp³-hybridized carbons (Fsp3) is 0.579. The van der Waals surface area contributed by atoms with Gasteiger partial charge in [-0.1, -0.05) is 18.2 Å². The van der Waals surface area contributed by atoms with Gasteiger partial charge in [-0.15, -0.1) is 0 Å². The van der Waals surface area contributed by atoms with E-state index in [1.807, 2.05) is 24.3 Å². The van der Waals surface area contributed by atoms with Crippen LogP contribution in [0.5, 0.6) is 0 Å². The molecule has 25 heavy (non-hydrogen) atoms. The first-order valence-electron chi connectivity index (χ1n) is 8.81. The number of carboxylic acids is 1. The Labute approximate surface area is 149 Å². The summed E-state index contributed by atoms with van der Waals surface area (Å²) in [6, 6.07) is 6.78. The Kier molecular flexibility index (Phi) is 6.28. The molecule has 1 unspecified atom stereocenters. The number of rotatable bonds is 5. The summed E-state index contributed by atoms with van der Waals surface area (Å²) < 4.78 is 5.18. The van der Waals surface area contributed by atoms with Gasteiger partial charge in [0, 0.05) is 25.2 Å². The molecule has 0 bridgehead atoms. The summed E-state index contributed by atoms with van der Waals surface area (Å²) >= 11 is 0. The highest BCUT2D eigenvalue weighted by molar-refractivity contribution is 5.80. The summed E-state index contributed by atoms with van der Waals surface area (Å²) in [6.45, 7) is 7.19. The van der Waals surface area contributed by atoms with Crippen molar-refractivity contribution in [1.82, 2.24) is 5.32 Å². The van der Waals surface area contributed by atoms with Gasteiger partial charge in [0.2, 0.25) is 0 Å². The normalized spacial score (nSPS) is 16.2. The Bertz CT molecular complexity index is 604. The Morgan fingerprint density at radius 2 is 1.84 bits per heavy atom. The average molecular weight is 348 g/mol. The van der Waals surface area contributed by atoms with Crippen LogP contribution in [0.15, 0.2) is 24.3 Å². The number of amides is 1. The molecule has 1 aliphatic heterocycles. The third kappa shape index (κ3) is 5.96. The van der Waals surface area contributed by atoms with E-state index in [1.54, 1.807) is 20.8 Å². The number of hydrogen-bond acceptors (Lipinski definition) is 4. The van der Waals surface area contributed by atoms with E-state index >= 15 is 0 Å². The highest BCUT2D eigenvalue weighted by Crippen LogP contribution is 2.25. The van der Waals surface area contributed by atoms with Crippen LogP contribution in [-0.2, 0) is 16.0 Å². The molecule has 1 aromatic rings. The zero-order valence-electron chi connectivity index (χ0n) is 15.2. The Morgan fingerprint density at radius 3 is 2.44 bits per heavy atom. The van der Waals surface area contributed by atoms with Crippen molar-refractivity contribution >= 4 is 17.7 Å². The number of anilines is 1. The lowest BCUT2D eigenvalue weighted by Gasteiger charge is -2.31. The van der Waals surface area contributed by atoms with E-state index in [9.17, 15) is 14.7 Å². The number of nitrogens with one attached hydrogen (secondary N) is 1. The average Bonchev–Trinajstić information content (AvgIpc) is 2.53. The minimum Gasteiger partial charge on any atom is -0.480 e. The summed E-state index contributed by atoms with van der Waals surface area (Å²) in [5.41, 5.74) is 1.31. The first kappa shape index (κ1) is 19.1. The summed E-state index contributed by atoms with van der Waals surface area (Å²) in [6.07, 6.45) is 3.03. The number of benzene rings is 1. The molecule has 0 radical (unpaired) electrons. The largest absolute Gasteiger partial charge is 0.480 e. The molecule has 1 atom stereocenters. The van der Waals surface area contributed by atoms with E-state index in [1.165, 1.54) is 6.42 Å². The number of piperidine rings is 1. The van der Waals surface area contributed by atoms with Gasteiger partial charge in [-0.3, -0.25) is 0 Å². The van der Waals surface area contributed by atoms with E-state index in [2.05, 4.69) is 10.2 Å². The molecule has 1 saturated heterocycles. The smallest absolute Gasteiger partial charge is 0.408 e. The molecule has 0 saturated carbocycles. The van der Waals surface area contributed by atoms with Crippen LogP contribution in [0.25, 0.3) is 0 Å². The van der Waals surface area contributed by atoms with Crippen LogP contribution in [-0.4, -0.2) is 41.9 Å². The van der Waals surface area contributed by atoms with E-state index < -0.39 is 23.7 Å². The first-order valence-corrected chi connectivity index (χ1v) is 8.81. The predicted octanol–water partition coefficient (Wildman–Crippen LogP) is 3.20. The van der Waals surface area contributed by atoms with Crippen LogP contribution in [0.4, 0.5) is 10.5 Å². The number of alkyl carbamates (subject to hydrolysis) is 1. The van der Waals surface area contributed by atoms with Crippen LogP contribution in [0, 0.1) is 0 Å². The van der Waals surface area contributed by atoms with E-state index in [0.717, 1.165) is 37.2 Å². The molecular weight excluding hydrogens is 320 g/mol. The van der Waals surface area contributed by atoms with Gasteiger partial charge in [-0.05, 0) is 51.7 Å². The maximum atomic E-state index is 11.9. The molecule has 1 amide bonds. The zero-order valence-corrected chi connectivity index (χ0v) is 15.2. The Balaban J connectivity index is 2.11. The fourth-order valence-electron chi connectivity index (χ4n) is 3.00. The van der Waals surface area contributed by atoms with Crippen LogP contribution < -0.4 is 10.2 Å². The van der Waals surface area contributed by atoms with Crippen molar-refractivity contribution in [2.75, 3.05) is 18.0 Å². The molecule has 0 aromatic heterocycles. The Hall–Kier alpha value is -2.24. The highest BCUT2D eigenvalue weighted by atomic mass is 16.6. The van der Waals surface area contributed by atoms with Crippen molar-refractivity contribution in [2.45, 2.75) is 58.1 Å². The third-order valence-corrected chi connectivity index (χ3v) is 4.10. The van der Waals surface area contributed by atoms with Gasteiger partial charge < -0.3 is 20.1 Å². The van der Waals surface area contributed by atoms with Crippen molar-refractivity contribution in [1.29, 1.82) is 0 Å². The molecule has 6 heteroatoms. The lowest BCUT2D eigenvalue weighted by Crippen LogP contribution is -2.45. The molecule has 1 heterocycles. The van der Waals surface area contributed by atoms with Gasteiger partial charge in [0.25, 0.3) is 0 Å². The second-order valence-corrected chi connectivity index (χ2v) is 7.42.